The number of methoxy groups -OCH3 is 3. The molecule has 3 rings (SSSR count). The first-order valence-corrected chi connectivity index (χ1v) is 9.75. The Morgan fingerprint density at radius 2 is 1.68 bits per heavy atom. The summed E-state index contributed by atoms with van der Waals surface area (Å²) in [7, 11) is 11.0. The number of esters is 1. The summed E-state index contributed by atoms with van der Waals surface area (Å²) in [5.74, 6) is 1.69. The minimum atomic E-state index is -0.344. The van der Waals surface area contributed by atoms with Crippen LogP contribution >= 0.6 is 0 Å². The van der Waals surface area contributed by atoms with Gasteiger partial charge in [0.2, 0.25) is 5.75 Å². The Labute approximate surface area is 167 Å². The van der Waals surface area contributed by atoms with E-state index >= 15 is 0 Å². The Kier molecular flexibility index (Phi) is 6.35. The van der Waals surface area contributed by atoms with Gasteiger partial charge in [-0.05, 0) is 46.1 Å². The van der Waals surface area contributed by atoms with Crippen LogP contribution in [0.5, 0.6) is 17.2 Å². The van der Waals surface area contributed by atoms with Gasteiger partial charge in [0.05, 0.1) is 26.9 Å². The second-order valence-corrected chi connectivity index (χ2v) is 8.04. The molecule has 2 bridgehead atoms. The molecule has 2 unspecified atom stereocenters. The Bertz CT molecular complexity index is 683. The van der Waals surface area contributed by atoms with Gasteiger partial charge in [-0.1, -0.05) is 0 Å². The quantitative estimate of drug-likeness (QED) is 0.688. The van der Waals surface area contributed by atoms with Gasteiger partial charge in [0.15, 0.2) is 11.5 Å². The van der Waals surface area contributed by atoms with Crippen molar-refractivity contribution in [2.45, 2.75) is 25.0 Å². The fourth-order valence-electron chi connectivity index (χ4n) is 4.80. The van der Waals surface area contributed by atoms with Crippen molar-refractivity contribution in [1.82, 2.24) is 9.80 Å². The standard InChI is InChI=1S/C21H32N2O5/c1-22(2)16-8-7-13-11-23(3)12-15(16)19(13)28-21(24)14-9-17(25-4)20(27-6)18(10-14)26-5/h9-10,13,15-16,19H,7-8,11-12H2,1-6H3/t13?,15?,16-,19+/m0/s1. The fourth-order valence-corrected chi connectivity index (χ4v) is 4.80. The summed E-state index contributed by atoms with van der Waals surface area (Å²) < 4.78 is 22.2. The molecule has 0 N–H and O–H groups in total. The third-order valence-electron chi connectivity index (χ3n) is 6.09. The molecule has 0 radical (unpaired) electrons. The maximum atomic E-state index is 13.0. The molecule has 2 aliphatic rings. The molecule has 1 heterocycles. The zero-order valence-corrected chi connectivity index (χ0v) is 17.7. The molecule has 1 saturated heterocycles. The van der Waals surface area contributed by atoms with Crippen LogP contribution in [0.15, 0.2) is 12.1 Å². The van der Waals surface area contributed by atoms with Gasteiger partial charge >= 0.3 is 5.97 Å². The van der Waals surface area contributed by atoms with Gasteiger partial charge in [-0.15, -0.1) is 0 Å². The monoisotopic (exact) mass is 392 g/mol. The van der Waals surface area contributed by atoms with Gasteiger partial charge in [0.1, 0.15) is 6.10 Å². The minimum Gasteiger partial charge on any atom is -0.493 e. The van der Waals surface area contributed by atoms with E-state index in [-0.39, 0.29) is 12.1 Å². The average Bonchev–Trinajstić information content (AvgIpc) is 2.67. The molecule has 0 amide bonds. The Balaban J connectivity index is 1.85. The highest BCUT2D eigenvalue weighted by atomic mass is 16.5. The summed E-state index contributed by atoms with van der Waals surface area (Å²) in [5.41, 5.74) is 0.410. The second-order valence-electron chi connectivity index (χ2n) is 8.04. The SMILES string of the molecule is COc1cc(C(=O)O[C@@H]2C3CC[C@H](N(C)C)C2CN(C)C3)cc(OC)c1OC. The Morgan fingerprint density at radius 3 is 2.21 bits per heavy atom. The van der Waals surface area contributed by atoms with E-state index in [0.29, 0.717) is 40.7 Å². The van der Waals surface area contributed by atoms with Crippen LogP contribution in [0.4, 0.5) is 0 Å². The van der Waals surface area contributed by atoms with Crippen molar-refractivity contribution in [3.05, 3.63) is 17.7 Å². The number of carbonyl (C=O) groups excluding carboxylic acids is 1. The van der Waals surface area contributed by atoms with Crippen LogP contribution in [-0.2, 0) is 4.74 Å². The maximum Gasteiger partial charge on any atom is 0.338 e. The fraction of sp³-hybridized carbons (Fsp3) is 0.667. The molecule has 0 spiro atoms. The molecule has 1 aliphatic carbocycles. The van der Waals surface area contributed by atoms with Crippen LogP contribution in [0.1, 0.15) is 23.2 Å². The van der Waals surface area contributed by atoms with E-state index in [1.54, 1.807) is 19.2 Å². The molecule has 1 aromatic carbocycles. The van der Waals surface area contributed by atoms with Gasteiger partial charge in [-0.2, -0.15) is 0 Å². The van der Waals surface area contributed by atoms with Gasteiger partial charge < -0.3 is 28.7 Å². The molecule has 7 heteroatoms. The number of fused-ring (bicyclic) bond motifs is 2. The van der Waals surface area contributed by atoms with E-state index in [1.165, 1.54) is 14.2 Å². The topological polar surface area (TPSA) is 60.5 Å². The number of hydrogen-bond donors (Lipinski definition) is 0. The van der Waals surface area contributed by atoms with Crippen molar-refractivity contribution in [3.8, 4) is 17.2 Å². The number of hydrogen-bond acceptors (Lipinski definition) is 7. The smallest absolute Gasteiger partial charge is 0.338 e. The summed E-state index contributed by atoms with van der Waals surface area (Å²) >= 11 is 0. The minimum absolute atomic E-state index is 0.0797. The predicted octanol–water partition coefficient (Wildman–Crippen LogP) is 2.14. The molecule has 2 fully saturated rings. The lowest BCUT2D eigenvalue weighted by atomic mass is 9.72. The summed E-state index contributed by atoms with van der Waals surface area (Å²) in [6, 6.07) is 3.71. The molecule has 7 nitrogen and oxygen atoms in total. The zero-order chi connectivity index (χ0) is 20.4. The Hall–Kier alpha value is -1.99. The largest absolute Gasteiger partial charge is 0.493 e. The van der Waals surface area contributed by atoms with Gasteiger partial charge in [-0.3, -0.25) is 0 Å². The molecular weight excluding hydrogens is 360 g/mol. The molecule has 1 aromatic rings. The van der Waals surface area contributed by atoms with Crippen molar-refractivity contribution in [2.75, 3.05) is 55.6 Å². The summed E-state index contributed by atoms with van der Waals surface area (Å²) in [5, 5.41) is 0. The van der Waals surface area contributed by atoms with Gasteiger partial charge in [0.25, 0.3) is 0 Å². The number of benzene rings is 1. The highest BCUT2D eigenvalue weighted by molar-refractivity contribution is 5.91. The molecule has 156 valence electrons. The van der Waals surface area contributed by atoms with Crippen molar-refractivity contribution in [3.63, 3.8) is 0 Å². The number of likely N-dealkylation sites (tertiary alicyclic amines) is 1. The normalized spacial score (nSPS) is 27.4. The van der Waals surface area contributed by atoms with Crippen LogP contribution in [-0.4, -0.2) is 83.5 Å². The number of nitrogens with zero attached hydrogens (tertiary/aromatic N) is 2. The molecule has 28 heavy (non-hydrogen) atoms. The van der Waals surface area contributed by atoms with Crippen LogP contribution in [0.3, 0.4) is 0 Å². The lowest BCUT2D eigenvalue weighted by Gasteiger charge is -2.50. The van der Waals surface area contributed by atoms with E-state index in [2.05, 4.69) is 30.9 Å². The first-order chi connectivity index (χ1) is 13.4. The summed E-state index contributed by atoms with van der Waals surface area (Å²) in [6.45, 7) is 1.90. The third kappa shape index (κ3) is 3.91. The van der Waals surface area contributed by atoms with Crippen LogP contribution in [0.25, 0.3) is 0 Å². The zero-order valence-electron chi connectivity index (χ0n) is 17.7. The molecule has 0 aromatic heterocycles. The second kappa shape index (κ2) is 8.57. The van der Waals surface area contributed by atoms with Crippen LogP contribution in [0, 0.1) is 11.8 Å². The van der Waals surface area contributed by atoms with E-state index < -0.39 is 0 Å². The summed E-state index contributed by atoms with van der Waals surface area (Å²) in [6.07, 6.45) is 2.13. The van der Waals surface area contributed by atoms with Crippen molar-refractivity contribution in [1.29, 1.82) is 0 Å². The maximum absolute atomic E-state index is 13.0. The number of rotatable bonds is 6. The molecule has 1 aliphatic heterocycles. The molecule has 1 saturated carbocycles. The van der Waals surface area contributed by atoms with Crippen molar-refractivity contribution < 1.29 is 23.7 Å². The molecular formula is C21H32N2O5. The number of piperidine rings is 1. The van der Waals surface area contributed by atoms with E-state index in [1.807, 2.05) is 0 Å². The van der Waals surface area contributed by atoms with Crippen LogP contribution in [0.2, 0.25) is 0 Å². The first kappa shape index (κ1) is 20.7. The summed E-state index contributed by atoms with van der Waals surface area (Å²) in [4.78, 5) is 17.7. The number of carbonyl (C=O) groups is 1. The highest BCUT2D eigenvalue weighted by Gasteiger charge is 2.46. The lowest BCUT2D eigenvalue weighted by Crippen LogP contribution is -2.59. The van der Waals surface area contributed by atoms with Crippen LogP contribution < -0.4 is 14.2 Å². The highest BCUT2D eigenvalue weighted by Crippen LogP contribution is 2.41. The third-order valence-corrected chi connectivity index (χ3v) is 6.09. The lowest BCUT2D eigenvalue weighted by molar-refractivity contribution is -0.0873. The van der Waals surface area contributed by atoms with E-state index in [9.17, 15) is 4.79 Å². The van der Waals surface area contributed by atoms with Crippen molar-refractivity contribution >= 4 is 5.97 Å². The first-order valence-electron chi connectivity index (χ1n) is 9.75. The van der Waals surface area contributed by atoms with E-state index in [0.717, 1.165) is 25.9 Å². The van der Waals surface area contributed by atoms with Crippen molar-refractivity contribution in [2.24, 2.45) is 11.8 Å². The van der Waals surface area contributed by atoms with Gasteiger partial charge in [-0.25, -0.2) is 4.79 Å². The average molecular weight is 392 g/mol. The van der Waals surface area contributed by atoms with E-state index in [4.69, 9.17) is 18.9 Å². The Morgan fingerprint density at radius 1 is 1.04 bits per heavy atom. The predicted molar refractivity (Wildman–Crippen MR) is 106 cm³/mol. The number of ether oxygens (including phenoxy) is 4. The van der Waals surface area contributed by atoms with Gasteiger partial charge in [0, 0.05) is 31.0 Å². The molecule has 4 atom stereocenters.